The number of nitrogens with one attached hydrogen (secondary N) is 2. The van der Waals surface area contributed by atoms with Crippen molar-refractivity contribution in [1.82, 2.24) is 5.32 Å². The number of anilines is 1. The van der Waals surface area contributed by atoms with Crippen LogP contribution < -0.4 is 15.4 Å². The minimum atomic E-state index is -0.326. The summed E-state index contributed by atoms with van der Waals surface area (Å²) in [6.45, 7) is 0.339. The number of carbonyl (C=O) groups excluding carboxylic acids is 2. The zero-order chi connectivity index (χ0) is 19.8. The van der Waals surface area contributed by atoms with Gasteiger partial charge in [0.2, 0.25) is 5.91 Å². The van der Waals surface area contributed by atoms with Gasteiger partial charge in [-0.15, -0.1) is 0 Å². The van der Waals surface area contributed by atoms with Gasteiger partial charge in [0.1, 0.15) is 5.75 Å². The van der Waals surface area contributed by atoms with Crippen molar-refractivity contribution in [3.63, 3.8) is 0 Å². The molecule has 0 bridgehead atoms. The number of rotatable bonds is 7. The van der Waals surface area contributed by atoms with Crippen LogP contribution in [0.3, 0.4) is 0 Å². The van der Waals surface area contributed by atoms with Crippen LogP contribution in [0.25, 0.3) is 6.08 Å². The molecule has 2 aromatic carbocycles. The van der Waals surface area contributed by atoms with Gasteiger partial charge in [-0.05, 0) is 53.6 Å². The molecular weight excluding hydrogens is 356 g/mol. The van der Waals surface area contributed by atoms with Crippen molar-refractivity contribution in [3.8, 4) is 5.75 Å². The third-order valence-electron chi connectivity index (χ3n) is 3.92. The molecule has 3 aromatic rings. The summed E-state index contributed by atoms with van der Waals surface area (Å²) < 4.78 is 10.2. The fraction of sp³-hybridized carbons (Fsp3) is 0.0909. The van der Waals surface area contributed by atoms with Crippen LogP contribution in [0, 0.1) is 0 Å². The van der Waals surface area contributed by atoms with Crippen molar-refractivity contribution < 1.29 is 18.7 Å². The number of amides is 2. The minimum Gasteiger partial charge on any atom is -0.497 e. The lowest BCUT2D eigenvalue weighted by atomic mass is 10.2. The maximum Gasteiger partial charge on any atom is 0.291 e. The molecule has 0 spiro atoms. The van der Waals surface area contributed by atoms with Crippen LogP contribution in [0.4, 0.5) is 5.69 Å². The van der Waals surface area contributed by atoms with Crippen LogP contribution in [-0.4, -0.2) is 18.9 Å². The Labute approximate surface area is 162 Å². The Morgan fingerprint density at radius 2 is 1.93 bits per heavy atom. The van der Waals surface area contributed by atoms with Crippen molar-refractivity contribution in [3.05, 3.63) is 89.9 Å². The second-order valence-electron chi connectivity index (χ2n) is 5.96. The molecular formula is C22H20N2O4. The summed E-state index contributed by atoms with van der Waals surface area (Å²) >= 11 is 0. The second kappa shape index (κ2) is 9.23. The van der Waals surface area contributed by atoms with Gasteiger partial charge in [0.15, 0.2) is 5.76 Å². The molecule has 6 nitrogen and oxygen atoms in total. The van der Waals surface area contributed by atoms with Crippen LogP contribution in [0.15, 0.2) is 77.4 Å². The summed E-state index contributed by atoms with van der Waals surface area (Å²) in [4.78, 5) is 24.1. The maximum atomic E-state index is 12.1. The van der Waals surface area contributed by atoms with Gasteiger partial charge in [-0.25, -0.2) is 0 Å². The first-order valence-electron chi connectivity index (χ1n) is 8.68. The van der Waals surface area contributed by atoms with Gasteiger partial charge in [-0.3, -0.25) is 9.59 Å². The molecule has 2 N–H and O–H groups in total. The van der Waals surface area contributed by atoms with Crippen molar-refractivity contribution in [2.75, 3.05) is 12.4 Å². The quantitative estimate of drug-likeness (QED) is 0.614. The standard InChI is InChI=1S/C22H20N2O4/c1-27-19-8-3-5-16(14-19)10-11-21(25)23-15-17-6-2-7-18(13-17)24-22(26)20-9-4-12-28-20/h2-14H,15H2,1H3,(H,23,25)(H,24,26)/b11-10+. The Morgan fingerprint density at radius 1 is 1.07 bits per heavy atom. The first-order chi connectivity index (χ1) is 13.6. The zero-order valence-corrected chi connectivity index (χ0v) is 15.3. The highest BCUT2D eigenvalue weighted by Crippen LogP contribution is 2.14. The molecule has 0 saturated heterocycles. The van der Waals surface area contributed by atoms with Gasteiger partial charge in [0.25, 0.3) is 5.91 Å². The summed E-state index contributed by atoms with van der Waals surface area (Å²) in [5.74, 6) is 0.428. The van der Waals surface area contributed by atoms with Gasteiger partial charge in [-0.1, -0.05) is 24.3 Å². The Morgan fingerprint density at radius 3 is 2.71 bits per heavy atom. The largest absolute Gasteiger partial charge is 0.497 e. The van der Waals surface area contributed by atoms with Crippen LogP contribution in [0.5, 0.6) is 5.75 Å². The Hall–Kier alpha value is -3.80. The number of hydrogen-bond acceptors (Lipinski definition) is 4. The van der Waals surface area contributed by atoms with E-state index >= 15 is 0 Å². The fourth-order valence-corrected chi connectivity index (χ4v) is 2.52. The molecule has 0 fully saturated rings. The van der Waals surface area contributed by atoms with E-state index in [1.807, 2.05) is 36.4 Å². The average molecular weight is 376 g/mol. The molecule has 0 aliphatic carbocycles. The van der Waals surface area contributed by atoms with E-state index < -0.39 is 0 Å². The molecule has 0 atom stereocenters. The van der Waals surface area contributed by atoms with Crippen molar-refractivity contribution in [2.24, 2.45) is 0 Å². The number of carbonyl (C=O) groups is 2. The van der Waals surface area contributed by atoms with Gasteiger partial charge < -0.3 is 19.8 Å². The van der Waals surface area contributed by atoms with Gasteiger partial charge >= 0.3 is 0 Å². The predicted molar refractivity (Wildman–Crippen MR) is 107 cm³/mol. The summed E-state index contributed by atoms with van der Waals surface area (Å²) in [6, 6.07) is 17.9. The van der Waals surface area contributed by atoms with E-state index in [0.717, 1.165) is 16.9 Å². The molecule has 1 aromatic heterocycles. The molecule has 3 rings (SSSR count). The second-order valence-corrected chi connectivity index (χ2v) is 5.96. The molecule has 28 heavy (non-hydrogen) atoms. The Balaban J connectivity index is 1.54. The molecule has 142 valence electrons. The molecule has 1 heterocycles. The van der Waals surface area contributed by atoms with E-state index in [2.05, 4.69) is 10.6 Å². The summed E-state index contributed by atoms with van der Waals surface area (Å²) in [5, 5.41) is 5.58. The lowest BCUT2D eigenvalue weighted by Crippen LogP contribution is -2.20. The first kappa shape index (κ1) is 19.0. The van der Waals surface area contributed by atoms with E-state index in [9.17, 15) is 9.59 Å². The minimum absolute atomic E-state index is 0.215. The maximum absolute atomic E-state index is 12.1. The fourth-order valence-electron chi connectivity index (χ4n) is 2.52. The number of furan rings is 1. The van der Waals surface area contributed by atoms with E-state index in [4.69, 9.17) is 9.15 Å². The summed E-state index contributed by atoms with van der Waals surface area (Å²) in [7, 11) is 1.60. The number of ether oxygens (including phenoxy) is 1. The molecule has 0 unspecified atom stereocenters. The van der Waals surface area contributed by atoms with Crippen LogP contribution in [0.1, 0.15) is 21.7 Å². The summed E-state index contributed by atoms with van der Waals surface area (Å²) in [5.41, 5.74) is 2.36. The van der Waals surface area contributed by atoms with E-state index in [1.165, 1.54) is 12.3 Å². The smallest absolute Gasteiger partial charge is 0.291 e. The van der Waals surface area contributed by atoms with Crippen LogP contribution in [0.2, 0.25) is 0 Å². The monoisotopic (exact) mass is 376 g/mol. The van der Waals surface area contributed by atoms with Crippen molar-refractivity contribution >= 4 is 23.6 Å². The van der Waals surface area contributed by atoms with Gasteiger partial charge in [0, 0.05) is 18.3 Å². The van der Waals surface area contributed by atoms with Crippen LogP contribution in [-0.2, 0) is 11.3 Å². The lowest BCUT2D eigenvalue weighted by molar-refractivity contribution is -0.116. The predicted octanol–water partition coefficient (Wildman–Crippen LogP) is 3.87. The Kier molecular flexibility index (Phi) is 6.25. The molecule has 0 aliphatic rings. The lowest BCUT2D eigenvalue weighted by Gasteiger charge is -2.07. The number of hydrogen-bond donors (Lipinski definition) is 2. The topological polar surface area (TPSA) is 80.6 Å². The first-order valence-corrected chi connectivity index (χ1v) is 8.68. The number of methoxy groups -OCH3 is 1. The third-order valence-corrected chi connectivity index (χ3v) is 3.92. The zero-order valence-electron chi connectivity index (χ0n) is 15.3. The van der Waals surface area contributed by atoms with Gasteiger partial charge in [-0.2, -0.15) is 0 Å². The highest BCUT2D eigenvalue weighted by molar-refractivity contribution is 6.02. The highest BCUT2D eigenvalue weighted by Gasteiger charge is 2.08. The van der Waals surface area contributed by atoms with Crippen molar-refractivity contribution in [1.29, 1.82) is 0 Å². The van der Waals surface area contributed by atoms with Gasteiger partial charge in [0.05, 0.1) is 13.4 Å². The molecule has 2 amide bonds. The highest BCUT2D eigenvalue weighted by atomic mass is 16.5. The number of benzene rings is 2. The van der Waals surface area contributed by atoms with E-state index in [-0.39, 0.29) is 17.6 Å². The molecule has 0 aliphatic heterocycles. The van der Waals surface area contributed by atoms with E-state index in [1.54, 1.807) is 37.5 Å². The normalized spacial score (nSPS) is 10.6. The molecule has 6 heteroatoms. The van der Waals surface area contributed by atoms with Crippen LogP contribution >= 0.6 is 0 Å². The average Bonchev–Trinajstić information content (AvgIpc) is 3.26. The van der Waals surface area contributed by atoms with E-state index in [0.29, 0.717) is 12.2 Å². The third kappa shape index (κ3) is 5.35. The van der Waals surface area contributed by atoms with Crippen molar-refractivity contribution in [2.45, 2.75) is 6.54 Å². The molecule has 0 radical (unpaired) electrons. The summed E-state index contributed by atoms with van der Waals surface area (Å²) in [6.07, 6.45) is 4.63. The Bertz CT molecular complexity index is 978. The SMILES string of the molecule is COc1cccc(/C=C/C(=O)NCc2cccc(NC(=O)c3ccco3)c2)c1. The molecule has 0 saturated carbocycles.